The number of hydrogen-bond acceptors (Lipinski definition) is 5. The standard InChI is InChI=1S/C19H27ClFN3O2SSi/c1-11(2)28(12(3)4,13(5)6)25-10-17-18(24-26-23-17)19(27)22-14-7-8-16(21)15(20)9-14/h7-9,11-13H,10H2,1-6H3,(H,22,27). The SMILES string of the molecule is CC(C)[Si](OCc1nonc1C(=S)Nc1ccc(F)c(Cl)c1)(C(C)C)C(C)C. The Morgan fingerprint density at radius 3 is 2.32 bits per heavy atom. The fraction of sp³-hybridized carbons (Fsp3) is 0.526. The minimum absolute atomic E-state index is 0.0104. The second kappa shape index (κ2) is 9.43. The lowest BCUT2D eigenvalue weighted by Crippen LogP contribution is -2.47. The molecule has 0 aliphatic heterocycles. The van der Waals surface area contributed by atoms with Gasteiger partial charge in [-0.15, -0.1) is 0 Å². The van der Waals surface area contributed by atoms with Crippen LogP contribution in [0.5, 0.6) is 0 Å². The van der Waals surface area contributed by atoms with E-state index in [2.05, 4.69) is 57.2 Å². The van der Waals surface area contributed by atoms with Gasteiger partial charge in [0.05, 0.1) is 11.6 Å². The van der Waals surface area contributed by atoms with Crippen LogP contribution in [-0.4, -0.2) is 23.6 Å². The van der Waals surface area contributed by atoms with Crippen LogP contribution in [0.25, 0.3) is 0 Å². The monoisotopic (exact) mass is 443 g/mol. The van der Waals surface area contributed by atoms with E-state index in [1.807, 2.05) is 0 Å². The first kappa shape index (κ1) is 22.9. The summed E-state index contributed by atoms with van der Waals surface area (Å²) in [6.07, 6.45) is 0. The second-order valence-electron chi connectivity index (χ2n) is 7.75. The molecule has 2 rings (SSSR count). The van der Waals surface area contributed by atoms with Crippen LogP contribution < -0.4 is 5.32 Å². The number of rotatable bonds is 8. The molecule has 1 aromatic heterocycles. The first-order chi connectivity index (χ1) is 13.1. The van der Waals surface area contributed by atoms with Gasteiger partial charge >= 0.3 is 0 Å². The van der Waals surface area contributed by atoms with Crippen molar-refractivity contribution in [3.05, 3.63) is 40.4 Å². The minimum Gasteiger partial charge on any atom is -0.410 e. The highest BCUT2D eigenvalue weighted by Gasteiger charge is 2.45. The highest BCUT2D eigenvalue weighted by Crippen LogP contribution is 2.42. The fourth-order valence-electron chi connectivity index (χ4n) is 3.93. The van der Waals surface area contributed by atoms with E-state index in [-0.39, 0.29) is 11.6 Å². The van der Waals surface area contributed by atoms with Gasteiger partial charge in [0.25, 0.3) is 0 Å². The third kappa shape index (κ3) is 4.79. The summed E-state index contributed by atoms with van der Waals surface area (Å²) in [6.45, 7) is 13.6. The van der Waals surface area contributed by atoms with E-state index in [4.69, 9.17) is 32.9 Å². The van der Waals surface area contributed by atoms with E-state index in [0.717, 1.165) is 0 Å². The summed E-state index contributed by atoms with van der Waals surface area (Å²) in [5, 5.41) is 10.9. The van der Waals surface area contributed by atoms with Gasteiger partial charge in [0.1, 0.15) is 16.5 Å². The average molecular weight is 444 g/mol. The molecule has 28 heavy (non-hydrogen) atoms. The molecule has 0 fully saturated rings. The van der Waals surface area contributed by atoms with Crippen molar-refractivity contribution in [1.82, 2.24) is 10.3 Å². The molecule has 2 aromatic rings. The van der Waals surface area contributed by atoms with E-state index >= 15 is 0 Å². The molecule has 0 unspecified atom stereocenters. The predicted molar refractivity (Wildman–Crippen MR) is 117 cm³/mol. The maximum absolute atomic E-state index is 13.3. The summed E-state index contributed by atoms with van der Waals surface area (Å²) in [6, 6.07) is 4.28. The van der Waals surface area contributed by atoms with Crippen LogP contribution >= 0.6 is 23.8 Å². The van der Waals surface area contributed by atoms with Crippen molar-refractivity contribution in [2.24, 2.45) is 0 Å². The van der Waals surface area contributed by atoms with Crippen molar-refractivity contribution in [2.75, 3.05) is 5.32 Å². The average Bonchev–Trinajstić information content (AvgIpc) is 3.06. The maximum atomic E-state index is 13.3. The largest absolute Gasteiger partial charge is 0.410 e. The summed E-state index contributed by atoms with van der Waals surface area (Å²) < 4.78 is 24.8. The third-order valence-corrected chi connectivity index (χ3v) is 11.8. The van der Waals surface area contributed by atoms with Crippen LogP contribution in [0.2, 0.25) is 21.6 Å². The molecule has 9 heteroatoms. The van der Waals surface area contributed by atoms with Crippen molar-refractivity contribution >= 4 is 42.8 Å². The zero-order chi connectivity index (χ0) is 21.1. The van der Waals surface area contributed by atoms with Crippen molar-refractivity contribution in [3.8, 4) is 0 Å². The molecule has 0 saturated carbocycles. The van der Waals surface area contributed by atoms with Crippen LogP contribution in [0.3, 0.4) is 0 Å². The predicted octanol–water partition coefficient (Wildman–Crippen LogP) is 6.34. The number of nitrogens with zero attached hydrogens (tertiary/aromatic N) is 2. The second-order valence-corrected chi connectivity index (χ2v) is 14.0. The minimum atomic E-state index is -2.06. The lowest BCUT2D eigenvalue weighted by atomic mass is 10.3. The molecule has 0 aliphatic carbocycles. The van der Waals surface area contributed by atoms with Gasteiger partial charge in [-0.3, -0.25) is 0 Å². The van der Waals surface area contributed by atoms with E-state index in [0.29, 0.717) is 38.7 Å². The Kier molecular flexibility index (Phi) is 7.72. The lowest BCUT2D eigenvalue weighted by molar-refractivity contribution is 0.246. The van der Waals surface area contributed by atoms with Crippen LogP contribution in [0.15, 0.2) is 22.8 Å². The zero-order valence-electron chi connectivity index (χ0n) is 17.0. The first-order valence-corrected chi connectivity index (χ1v) is 12.2. The Balaban J connectivity index is 2.18. The molecule has 1 heterocycles. The van der Waals surface area contributed by atoms with E-state index in [1.165, 1.54) is 12.1 Å². The van der Waals surface area contributed by atoms with Gasteiger partial charge in [0.15, 0.2) is 5.69 Å². The van der Waals surface area contributed by atoms with Crippen LogP contribution in [0, 0.1) is 5.82 Å². The number of thiocarbonyl (C=S) groups is 1. The van der Waals surface area contributed by atoms with Crippen molar-refractivity contribution in [3.63, 3.8) is 0 Å². The molecule has 0 amide bonds. The summed E-state index contributed by atoms with van der Waals surface area (Å²) in [7, 11) is -2.06. The van der Waals surface area contributed by atoms with Crippen LogP contribution in [-0.2, 0) is 11.0 Å². The van der Waals surface area contributed by atoms with Gasteiger partial charge in [0, 0.05) is 5.69 Å². The summed E-state index contributed by atoms with van der Waals surface area (Å²) in [4.78, 5) is 0.313. The molecule has 0 spiro atoms. The number of nitrogens with one attached hydrogen (secondary N) is 1. The Hall–Kier alpha value is -1.35. The summed E-state index contributed by atoms with van der Waals surface area (Å²) in [5.74, 6) is -0.493. The van der Waals surface area contributed by atoms with Crippen molar-refractivity contribution in [2.45, 2.75) is 64.8 Å². The number of hydrogen-bond donors (Lipinski definition) is 1. The fourth-order valence-corrected chi connectivity index (χ4v) is 9.77. The Bertz CT molecular complexity index is 807. The lowest BCUT2D eigenvalue weighted by Gasteiger charge is -2.41. The summed E-state index contributed by atoms with van der Waals surface area (Å²) >= 11 is 11.2. The Labute approximate surface area is 177 Å². The number of anilines is 1. The van der Waals surface area contributed by atoms with Gasteiger partial charge in [-0.2, -0.15) is 0 Å². The molecular formula is C19H27ClFN3O2SSi. The molecule has 0 bridgehead atoms. The summed E-state index contributed by atoms with van der Waals surface area (Å²) in [5.41, 5.74) is 2.85. The molecule has 0 radical (unpaired) electrons. The topological polar surface area (TPSA) is 60.2 Å². The van der Waals surface area contributed by atoms with Crippen molar-refractivity contribution < 1.29 is 13.4 Å². The molecule has 1 aromatic carbocycles. The van der Waals surface area contributed by atoms with Crippen LogP contribution in [0.1, 0.15) is 52.9 Å². The molecule has 154 valence electrons. The van der Waals surface area contributed by atoms with Gasteiger partial charge in [-0.05, 0) is 40.0 Å². The normalized spacial score (nSPS) is 12.2. The molecule has 1 N–H and O–H groups in total. The molecule has 0 aliphatic rings. The highest BCUT2D eigenvalue weighted by molar-refractivity contribution is 7.81. The van der Waals surface area contributed by atoms with Crippen LogP contribution in [0.4, 0.5) is 10.1 Å². The quantitative estimate of drug-likeness (QED) is 0.379. The molecule has 0 atom stereocenters. The molecular weight excluding hydrogens is 417 g/mol. The van der Waals surface area contributed by atoms with Gasteiger partial charge < -0.3 is 9.74 Å². The maximum Gasteiger partial charge on any atom is 0.200 e. The smallest absolute Gasteiger partial charge is 0.200 e. The van der Waals surface area contributed by atoms with E-state index in [9.17, 15) is 4.39 Å². The molecule has 0 saturated heterocycles. The number of benzene rings is 1. The number of aromatic nitrogens is 2. The Morgan fingerprint density at radius 1 is 1.18 bits per heavy atom. The van der Waals surface area contributed by atoms with Crippen molar-refractivity contribution in [1.29, 1.82) is 0 Å². The third-order valence-electron chi connectivity index (χ3n) is 5.12. The van der Waals surface area contributed by atoms with Gasteiger partial charge in [0.2, 0.25) is 8.32 Å². The number of halogens is 2. The van der Waals surface area contributed by atoms with Gasteiger partial charge in [-0.25, -0.2) is 9.02 Å². The van der Waals surface area contributed by atoms with E-state index in [1.54, 1.807) is 6.07 Å². The zero-order valence-corrected chi connectivity index (χ0v) is 19.6. The first-order valence-electron chi connectivity index (χ1n) is 9.31. The highest BCUT2D eigenvalue weighted by atomic mass is 35.5. The Morgan fingerprint density at radius 2 is 1.79 bits per heavy atom. The molecule has 5 nitrogen and oxygen atoms in total. The van der Waals surface area contributed by atoms with Gasteiger partial charge in [-0.1, -0.05) is 70.5 Å². The van der Waals surface area contributed by atoms with E-state index < -0.39 is 14.1 Å².